The van der Waals surface area contributed by atoms with Gasteiger partial charge in [0, 0.05) is 6.54 Å². The van der Waals surface area contributed by atoms with Crippen molar-refractivity contribution in [3.8, 4) is 0 Å². The number of aliphatic hydroxyl groups is 1. The van der Waals surface area contributed by atoms with Crippen LogP contribution in [-0.2, 0) is 4.79 Å². The summed E-state index contributed by atoms with van der Waals surface area (Å²) in [5, 5.41) is 8.68. The second-order valence-corrected chi connectivity index (χ2v) is 3.65. The normalized spacial score (nSPS) is 12.9. The van der Waals surface area contributed by atoms with Crippen molar-refractivity contribution in [3.05, 3.63) is 0 Å². The Hall–Kier alpha value is -0.750. The molecule has 0 aliphatic heterocycles. The lowest BCUT2D eigenvalue weighted by Gasteiger charge is -2.24. The lowest BCUT2D eigenvalue weighted by atomic mass is 10.1. The molecule has 0 aromatic rings. The Morgan fingerprint density at radius 3 is 2.56 bits per heavy atom. The molecular formula is C10H20F2N2O2. The van der Waals surface area contributed by atoms with E-state index in [0.717, 1.165) is 17.7 Å². The molecule has 1 atom stereocenters. The molecule has 0 spiro atoms. The average Bonchev–Trinajstić information content (AvgIpc) is 2.23. The molecule has 0 aliphatic carbocycles. The number of alkyl halides is 2. The zero-order valence-electron chi connectivity index (χ0n) is 9.53. The monoisotopic (exact) mass is 238 g/mol. The van der Waals surface area contributed by atoms with Gasteiger partial charge >= 0.3 is 0 Å². The number of hydrogen-bond donors (Lipinski definition) is 2. The quantitative estimate of drug-likeness (QED) is 0.650. The van der Waals surface area contributed by atoms with Crippen LogP contribution in [0, 0.1) is 0 Å². The van der Waals surface area contributed by atoms with E-state index in [9.17, 15) is 13.6 Å². The summed E-state index contributed by atoms with van der Waals surface area (Å²) < 4.78 is 24.3. The van der Waals surface area contributed by atoms with Gasteiger partial charge < -0.3 is 15.7 Å². The summed E-state index contributed by atoms with van der Waals surface area (Å²) in [6.45, 7) is 0.864. The maximum atomic E-state index is 12.2. The first-order chi connectivity index (χ1) is 7.52. The van der Waals surface area contributed by atoms with E-state index in [1.54, 1.807) is 0 Å². The van der Waals surface area contributed by atoms with E-state index in [0.29, 0.717) is 6.42 Å². The molecule has 0 radical (unpaired) electrons. The van der Waals surface area contributed by atoms with Crippen molar-refractivity contribution in [2.45, 2.75) is 38.7 Å². The predicted octanol–water partition coefficient (Wildman–Crippen LogP) is 0.590. The van der Waals surface area contributed by atoms with Crippen molar-refractivity contribution < 1.29 is 18.7 Å². The number of nitrogens with two attached hydrogens (primary N) is 1. The van der Waals surface area contributed by atoms with E-state index in [2.05, 4.69) is 0 Å². The first kappa shape index (κ1) is 15.2. The van der Waals surface area contributed by atoms with Gasteiger partial charge in [0.1, 0.15) is 0 Å². The number of amides is 1. The van der Waals surface area contributed by atoms with Gasteiger partial charge in [-0.2, -0.15) is 0 Å². The van der Waals surface area contributed by atoms with E-state index in [1.165, 1.54) is 0 Å². The summed E-state index contributed by atoms with van der Waals surface area (Å²) >= 11 is 0. The topological polar surface area (TPSA) is 66.6 Å². The Morgan fingerprint density at radius 2 is 2.12 bits per heavy atom. The molecule has 96 valence electrons. The maximum Gasteiger partial charge on any atom is 0.255 e. The standard InChI is InChI=1S/C10H20F2N2O2/c1-2-3-4-8(13)10(16)14(5-6-15)7-9(11)12/h8-9,15H,2-7,13H2,1H3. The van der Waals surface area contributed by atoms with Crippen LogP contribution in [-0.4, -0.2) is 48.1 Å². The van der Waals surface area contributed by atoms with Gasteiger partial charge in [-0.3, -0.25) is 4.79 Å². The minimum absolute atomic E-state index is 0.0942. The minimum atomic E-state index is -2.60. The molecule has 0 aromatic carbocycles. The average molecular weight is 238 g/mol. The Balaban J connectivity index is 4.23. The predicted molar refractivity (Wildman–Crippen MR) is 57.2 cm³/mol. The molecule has 0 saturated heterocycles. The molecule has 0 aliphatic rings. The Morgan fingerprint density at radius 1 is 1.50 bits per heavy atom. The van der Waals surface area contributed by atoms with Crippen LogP contribution >= 0.6 is 0 Å². The van der Waals surface area contributed by atoms with Crippen LogP contribution in [0.2, 0.25) is 0 Å². The van der Waals surface area contributed by atoms with Crippen molar-refractivity contribution in [1.82, 2.24) is 4.90 Å². The summed E-state index contributed by atoms with van der Waals surface area (Å²) in [7, 11) is 0. The van der Waals surface area contributed by atoms with Crippen molar-refractivity contribution in [1.29, 1.82) is 0 Å². The first-order valence-corrected chi connectivity index (χ1v) is 5.46. The highest BCUT2D eigenvalue weighted by atomic mass is 19.3. The van der Waals surface area contributed by atoms with Crippen molar-refractivity contribution in [2.75, 3.05) is 19.7 Å². The minimum Gasteiger partial charge on any atom is -0.395 e. The van der Waals surface area contributed by atoms with Gasteiger partial charge in [0.05, 0.1) is 19.2 Å². The van der Waals surface area contributed by atoms with Gasteiger partial charge in [-0.05, 0) is 6.42 Å². The second-order valence-electron chi connectivity index (χ2n) is 3.65. The van der Waals surface area contributed by atoms with Crippen molar-refractivity contribution in [3.63, 3.8) is 0 Å². The zero-order chi connectivity index (χ0) is 12.6. The highest BCUT2D eigenvalue weighted by molar-refractivity contribution is 5.81. The number of halogens is 2. The molecule has 0 rings (SSSR count). The summed E-state index contributed by atoms with van der Waals surface area (Å²) in [6.07, 6.45) is -0.431. The zero-order valence-corrected chi connectivity index (χ0v) is 9.53. The van der Waals surface area contributed by atoms with Crippen LogP contribution in [0.3, 0.4) is 0 Å². The van der Waals surface area contributed by atoms with E-state index in [1.807, 2.05) is 6.92 Å². The molecule has 0 fully saturated rings. The molecule has 0 saturated carbocycles. The van der Waals surface area contributed by atoms with Crippen LogP contribution in [0.15, 0.2) is 0 Å². The van der Waals surface area contributed by atoms with Crippen LogP contribution in [0.1, 0.15) is 26.2 Å². The van der Waals surface area contributed by atoms with Gasteiger partial charge in [-0.1, -0.05) is 19.8 Å². The van der Waals surface area contributed by atoms with Gasteiger partial charge in [0.15, 0.2) is 0 Å². The third-order valence-corrected chi connectivity index (χ3v) is 2.23. The molecule has 1 amide bonds. The fraction of sp³-hybridized carbons (Fsp3) is 0.900. The molecule has 0 aromatic heterocycles. The fourth-order valence-electron chi connectivity index (χ4n) is 1.36. The van der Waals surface area contributed by atoms with E-state index in [-0.39, 0.29) is 13.2 Å². The van der Waals surface area contributed by atoms with Crippen LogP contribution in [0.25, 0.3) is 0 Å². The number of carbonyl (C=O) groups excluding carboxylic acids is 1. The lowest BCUT2D eigenvalue weighted by molar-refractivity contribution is -0.135. The van der Waals surface area contributed by atoms with Crippen LogP contribution in [0.5, 0.6) is 0 Å². The Kier molecular flexibility index (Phi) is 8.01. The SMILES string of the molecule is CCCCC(N)C(=O)N(CCO)CC(F)F. The molecule has 6 heteroatoms. The van der Waals surface area contributed by atoms with Crippen LogP contribution in [0.4, 0.5) is 8.78 Å². The number of nitrogens with zero attached hydrogens (tertiary/aromatic N) is 1. The van der Waals surface area contributed by atoms with Gasteiger partial charge in [0.2, 0.25) is 5.91 Å². The highest BCUT2D eigenvalue weighted by Gasteiger charge is 2.22. The Bertz CT molecular complexity index is 203. The smallest absolute Gasteiger partial charge is 0.255 e. The maximum absolute atomic E-state index is 12.2. The molecule has 0 bridgehead atoms. The number of hydrogen-bond acceptors (Lipinski definition) is 3. The molecular weight excluding hydrogens is 218 g/mol. The molecule has 16 heavy (non-hydrogen) atoms. The third kappa shape index (κ3) is 5.97. The number of carbonyl (C=O) groups is 1. The third-order valence-electron chi connectivity index (χ3n) is 2.23. The van der Waals surface area contributed by atoms with Gasteiger partial charge in [0.25, 0.3) is 6.43 Å². The van der Waals surface area contributed by atoms with Crippen molar-refractivity contribution >= 4 is 5.91 Å². The van der Waals surface area contributed by atoms with E-state index < -0.39 is 24.9 Å². The van der Waals surface area contributed by atoms with E-state index >= 15 is 0 Å². The summed E-state index contributed by atoms with van der Waals surface area (Å²) in [6, 6.07) is -0.745. The molecule has 4 nitrogen and oxygen atoms in total. The lowest BCUT2D eigenvalue weighted by Crippen LogP contribution is -2.46. The van der Waals surface area contributed by atoms with Gasteiger partial charge in [-0.15, -0.1) is 0 Å². The molecule has 0 heterocycles. The van der Waals surface area contributed by atoms with Crippen molar-refractivity contribution in [2.24, 2.45) is 5.73 Å². The Labute approximate surface area is 94.4 Å². The fourth-order valence-corrected chi connectivity index (χ4v) is 1.36. The molecule has 3 N–H and O–H groups in total. The second kappa shape index (κ2) is 8.41. The van der Waals surface area contributed by atoms with Crippen LogP contribution < -0.4 is 5.73 Å². The highest BCUT2D eigenvalue weighted by Crippen LogP contribution is 2.05. The summed E-state index contributed by atoms with van der Waals surface area (Å²) in [5.41, 5.74) is 5.59. The van der Waals surface area contributed by atoms with E-state index in [4.69, 9.17) is 10.8 Å². The number of rotatable bonds is 8. The first-order valence-electron chi connectivity index (χ1n) is 5.46. The number of unbranched alkanes of at least 4 members (excludes halogenated alkanes) is 1. The summed E-state index contributed by atoms with van der Waals surface area (Å²) in [4.78, 5) is 12.6. The summed E-state index contributed by atoms with van der Waals surface area (Å²) in [5.74, 6) is -0.511. The molecule has 1 unspecified atom stereocenters. The number of aliphatic hydroxyl groups excluding tert-OH is 1. The largest absolute Gasteiger partial charge is 0.395 e. The van der Waals surface area contributed by atoms with Gasteiger partial charge in [-0.25, -0.2) is 8.78 Å².